The molecule has 0 saturated carbocycles. The molecular formula is C15H22N2O2. The van der Waals surface area contributed by atoms with Crippen LogP contribution < -0.4 is 10.6 Å². The monoisotopic (exact) mass is 262 g/mol. The van der Waals surface area contributed by atoms with Gasteiger partial charge in [-0.3, -0.25) is 9.59 Å². The molecule has 0 aromatic heterocycles. The molecule has 2 amide bonds. The van der Waals surface area contributed by atoms with Crippen molar-refractivity contribution >= 4 is 17.5 Å². The smallest absolute Gasteiger partial charge is 0.313 e. The summed E-state index contributed by atoms with van der Waals surface area (Å²) in [4.78, 5) is 23.3. The number of hydrogen-bond acceptors (Lipinski definition) is 2. The summed E-state index contributed by atoms with van der Waals surface area (Å²) in [6.07, 6.45) is 0.864. The minimum absolute atomic E-state index is 0.502. The summed E-state index contributed by atoms with van der Waals surface area (Å²) in [6, 6.07) is 5.74. The minimum atomic E-state index is -0.613. The topological polar surface area (TPSA) is 58.2 Å². The van der Waals surface area contributed by atoms with E-state index in [4.69, 9.17) is 0 Å². The maximum atomic E-state index is 11.7. The molecule has 1 aromatic carbocycles. The van der Waals surface area contributed by atoms with E-state index in [0.717, 1.165) is 17.5 Å². The van der Waals surface area contributed by atoms with Crippen LogP contribution in [0.2, 0.25) is 0 Å². The molecule has 0 aliphatic rings. The number of benzene rings is 1. The molecule has 4 nitrogen and oxygen atoms in total. The normalized spacial score (nSPS) is 10.4. The lowest BCUT2D eigenvalue weighted by atomic mass is 10.1. The Bertz CT molecular complexity index is 467. The molecule has 4 heteroatoms. The van der Waals surface area contributed by atoms with Crippen LogP contribution in [0.3, 0.4) is 0 Å². The van der Waals surface area contributed by atoms with Crippen molar-refractivity contribution in [2.24, 2.45) is 5.92 Å². The first-order valence-electron chi connectivity index (χ1n) is 6.56. The van der Waals surface area contributed by atoms with Gasteiger partial charge in [0.05, 0.1) is 0 Å². The molecular weight excluding hydrogens is 240 g/mol. The Morgan fingerprint density at radius 3 is 2.47 bits per heavy atom. The fraction of sp³-hybridized carbons (Fsp3) is 0.467. The standard InChI is InChI=1S/C15H22N2O2/c1-10(2)7-8-16-14(18)15(19)17-13-9-11(3)5-6-12(13)4/h5-6,9-10H,7-8H2,1-4H3,(H,16,18)(H,17,19). The molecule has 0 heterocycles. The fourth-order valence-corrected chi connectivity index (χ4v) is 1.60. The largest absolute Gasteiger partial charge is 0.348 e. The van der Waals surface area contributed by atoms with Gasteiger partial charge in [0.25, 0.3) is 0 Å². The van der Waals surface area contributed by atoms with E-state index in [9.17, 15) is 9.59 Å². The lowest BCUT2D eigenvalue weighted by molar-refractivity contribution is -0.136. The van der Waals surface area contributed by atoms with E-state index in [1.165, 1.54) is 0 Å². The zero-order valence-electron chi connectivity index (χ0n) is 12.0. The number of carbonyl (C=O) groups is 2. The zero-order chi connectivity index (χ0) is 14.4. The molecule has 0 radical (unpaired) electrons. The van der Waals surface area contributed by atoms with Crippen LogP contribution >= 0.6 is 0 Å². The number of aryl methyl sites for hydroxylation is 2. The van der Waals surface area contributed by atoms with Gasteiger partial charge in [0, 0.05) is 12.2 Å². The third-order valence-electron chi connectivity index (χ3n) is 2.85. The number of anilines is 1. The summed E-state index contributed by atoms with van der Waals surface area (Å²) < 4.78 is 0. The Labute approximate surface area is 114 Å². The number of carbonyl (C=O) groups excluding carboxylic acids is 2. The molecule has 0 bridgehead atoms. The molecule has 2 N–H and O–H groups in total. The van der Waals surface area contributed by atoms with Crippen LogP contribution in [0.4, 0.5) is 5.69 Å². The van der Waals surface area contributed by atoms with Crippen LogP contribution in [0, 0.1) is 19.8 Å². The van der Waals surface area contributed by atoms with Gasteiger partial charge in [-0.15, -0.1) is 0 Å². The van der Waals surface area contributed by atoms with Crippen molar-refractivity contribution in [3.05, 3.63) is 29.3 Å². The van der Waals surface area contributed by atoms with Gasteiger partial charge in [-0.1, -0.05) is 26.0 Å². The summed E-state index contributed by atoms with van der Waals surface area (Å²) in [6.45, 7) is 8.50. The van der Waals surface area contributed by atoms with E-state index in [1.54, 1.807) is 0 Å². The van der Waals surface area contributed by atoms with Crippen molar-refractivity contribution in [1.29, 1.82) is 0 Å². The van der Waals surface area contributed by atoms with Crippen molar-refractivity contribution in [1.82, 2.24) is 5.32 Å². The van der Waals surface area contributed by atoms with E-state index < -0.39 is 11.8 Å². The van der Waals surface area contributed by atoms with Crippen LogP contribution in [0.15, 0.2) is 18.2 Å². The van der Waals surface area contributed by atoms with E-state index in [1.807, 2.05) is 32.0 Å². The van der Waals surface area contributed by atoms with Gasteiger partial charge in [0.2, 0.25) is 0 Å². The summed E-state index contributed by atoms with van der Waals surface area (Å²) >= 11 is 0. The second-order valence-electron chi connectivity index (χ2n) is 5.21. The van der Waals surface area contributed by atoms with Crippen molar-refractivity contribution in [3.63, 3.8) is 0 Å². The predicted molar refractivity (Wildman–Crippen MR) is 77.0 cm³/mol. The van der Waals surface area contributed by atoms with Crippen molar-refractivity contribution < 1.29 is 9.59 Å². The van der Waals surface area contributed by atoms with E-state index in [0.29, 0.717) is 18.2 Å². The molecule has 104 valence electrons. The summed E-state index contributed by atoms with van der Waals surface area (Å²) in [5.74, 6) is -0.693. The SMILES string of the molecule is Cc1ccc(C)c(NC(=O)C(=O)NCCC(C)C)c1. The lowest BCUT2D eigenvalue weighted by Gasteiger charge is -2.10. The minimum Gasteiger partial charge on any atom is -0.348 e. The highest BCUT2D eigenvalue weighted by Gasteiger charge is 2.14. The summed E-state index contributed by atoms with van der Waals surface area (Å²) in [5, 5.41) is 5.26. The Morgan fingerprint density at radius 2 is 1.84 bits per heavy atom. The Kier molecular flexibility index (Phi) is 5.55. The fourth-order valence-electron chi connectivity index (χ4n) is 1.60. The van der Waals surface area contributed by atoms with Gasteiger partial charge < -0.3 is 10.6 Å². The molecule has 19 heavy (non-hydrogen) atoms. The van der Waals surface area contributed by atoms with E-state index in [-0.39, 0.29) is 0 Å². The molecule has 0 unspecified atom stereocenters. The highest BCUT2D eigenvalue weighted by Crippen LogP contribution is 2.16. The van der Waals surface area contributed by atoms with Gasteiger partial charge in [-0.2, -0.15) is 0 Å². The van der Waals surface area contributed by atoms with Gasteiger partial charge in [0.15, 0.2) is 0 Å². The first-order chi connectivity index (χ1) is 8.90. The van der Waals surface area contributed by atoms with Crippen molar-refractivity contribution in [2.75, 3.05) is 11.9 Å². The molecule has 0 fully saturated rings. The Hall–Kier alpha value is -1.84. The molecule has 0 atom stereocenters. The van der Waals surface area contributed by atoms with Crippen LogP contribution in [-0.4, -0.2) is 18.4 Å². The van der Waals surface area contributed by atoms with Crippen molar-refractivity contribution in [2.45, 2.75) is 34.1 Å². The third kappa shape index (κ3) is 5.12. The number of hydrogen-bond donors (Lipinski definition) is 2. The molecule has 0 aliphatic heterocycles. The summed E-state index contributed by atoms with van der Waals surface area (Å²) in [5.41, 5.74) is 2.67. The van der Waals surface area contributed by atoms with Gasteiger partial charge in [-0.05, 0) is 43.4 Å². The second kappa shape index (κ2) is 6.92. The average molecular weight is 262 g/mol. The Balaban J connectivity index is 2.54. The van der Waals surface area contributed by atoms with E-state index in [2.05, 4.69) is 24.5 Å². The first-order valence-corrected chi connectivity index (χ1v) is 6.56. The summed E-state index contributed by atoms with van der Waals surface area (Å²) in [7, 11) is 0. The quantitative estimate of drug-likeness (QED) is 0.819. The van der Waals surface area contributed by atoms with Crippen molar-refractivity contribution in [3.8, 4) is 0 Å². The van der Waals surface area contributed by atoms with Crippen LogP contribution in [0.1, 0.15) is 31.4 Å². The maximum Gasteiger partial charge on any atom is 0.313 e. The first kappa shape index (κ1) is 15.2. The zero-order valence-corrected chi connectivity index (χ0v) is 12.0. The van der Waals surface area contributed by atoms with E-state index >= 15 is 0 Å². The molecule has 0 spiro atoms. The molecule has 0 aliphatic carbocycles. The van der Waals surface area contributed by atoms with Crippen LogP contribution in [0.25, 0.3) is 0 Å². The molecule has 1 rings (SSSR count). The average Bonchev–Trinajstić information content (AvgIpc) is 2.33. The molecule has 0 saturated heterocycles. The van der Waals surface area contributed by atoms with Gasteiger partial charge in [0.1, 0.15) is 0 Å². The van der Waals surface area contributed by atoms with Gasteiger partial charge >= 0.3 is 11.8 Å². The number of amides is 2. The maximum absolute atomic E-state index is 11.7. The van der Waals surface area contributed by atoms with Gasteiger partial charge in [-0.25, -0.2) is 0 Å². The highest BCUT2D eigenvalue weighted by molar-refractivity contribution is 6.39. The molecule has 1 aromatic rings. The lowest BCUT2D eigenvalue weighted by Crippen LogP contribution is -2.36. The van der Waals surface area contributed by atoms with Crippen LogP contribution in [-0.2, 0) is 9.59 Å². The third-order valence-corrected chi connectivity index (χ3v) is 2.85. The number of nitrogens with one attached hydrogen (secondary N) is 2. The highest BCUT2D eigenvalue weighted by atomic mass is 16.2. The number of rotatable bonds is 4. The second-order valence-corrected chi connectivity index (χ2v) is 5.21. The predicted octanol–water partition coefficient (Wildman–Crippen LogP) is 2.40. The Morgan fingerprint density at radius 1 is 1.16 bits per heavy atom. The van der Waals surface area contributed by atoms with Crippen LogP contribution in [0.5, 0.6) is 0 Å².